The molecule has 1 heterocycles. The van der Waals surface area contributed by atoms with Crippen LogP contribution in [0.3, 0.4) is 0 Å². The van der Waals surface area contributed by atoms with Gasteiger partial charge >= 0.3 is 0 Å². The van der Waals surface area contributed by atoms with Crippen molar-refractivity contribution in [3.8, 4) is 0 Å². The highest BCUT2D eigenvalue weighted by Gasteiger charge is 2.19. The minimum atomic E-state index is -0.0310. The molecule has 1 amide bonds. The highest BCUT2D eigenvalue weighted by Crippen LogP contribution is 2.25. The third-order valence-corrected chi connectivity index (χ3v) is 3.75. The van der Waals surface area contributed by atoms with Crippen LogP contribution >= 0.6 is 15.9 Å². The van der Waals surface area contributed by atoms with E-state index < -0.39 is 0 Å². The Hall–Kier alpha value is -1.94. The van der Waals surface area contributed by atoms with Crippen molar-refractivity contribution < 1.29 is 9.59 Å². The summed E-state index contributed by atoms with van der Waals surface area (Å²) in [4.78, 5) is 23.8. The molecule has 2 aromatic rings. The first-order chi connectivity index (χ1) is 9.52. The molecule has 0 fully saturated rings. The topological polar surface area (TPSA) is 46.2 Å². The van der Waals surface area contributed by atoms with Gasteiger partial charge in [0.25, 0.3) is 0 Å². The molecule has 0 bridgehead atoms. The second-order valence-electron chi connectivity index (χ2n) is 4.94. The van der Waals surface area contributed by atoms with E-state index in [9.17, 15) is 9.59 Å². The summed E-state index contributed by atoms with van der Waals surface area (Å²) in [6, 6.07) is 11.0. The molecule has 3 rings (SSSR count). The van der Waals surface area contributed by atoms with Crippen molar-refractivity contribution >= 4 is 33.3 Å². The zero-order chi connectivity index (χ0) is 14.3. The van der Waals surface area contributed by atoms with Gasteiger partial charge in [0, 0.05) is 21.3 Å². The molecule has 0 saturated carbocycles. The number of halogens is 1. The Bertz CT molecular complexity index is 717. The van der Waals surface area contributed by atoms with E-state index in [2.05, 4.69) is 21.2 Å². The van der Waals surface area contributed by atoms with Gasteiger partial charge in [-0.05, 0) is 54.4 Å². The average molecular weight is 330 g/mol. The van der Waals surface area contributed by atoms with Gasteiger partial charge in [-0.3, -0.25) is 9.59 Å². The van der Waals surface area contributed by atoms with Crippen LogP contribution in [0, 0.1) is 6.92 Å². The van der Waals surface area contributed by atoms with Gasteiger partial charge in [-0.25, -0.2) is 0 Å². The standard InChI is InChI=1S/C16H12BrNO2/c1-9-4-12(7-13(17)5-9)16(20)10-2-3-14-11(6-10)8-15(19)18-14/h2-7H,8H2,1H3,(H,18,19). The molecule has 0 aromatic heterocycles. The van der Waals surface area contributed by atoms with E-state index in [-0.39, 0.29) is 11.7 Å². The van der Waals surface area contributed by atoms with Gasteiger partial charge in [0.05, 0.1) is 6.42 Å². The number of hydrogen-bond acceptors (Lipinski definition) is 2. The highest BCUT2D eigenvalue weighted by molar-refractivity contribution is 9.10. The maximum Gasteiger partial charge on any atom is 0.228 e. The van der Waals surface area contributed by atoms with Crippen LogP contribution < -0.4 is 5.32 Å². The van der Waals surface area contributed by atoms with Crippen LogP contribution in [-0.4, -0.2) is 11.7 Å². The fraction of sp³-hybridized carbons (Fsp3) is 0.125. The molecular formula is C16H12BrNO2. The number of benzene rings is 2. The fourth-order valence-electron chi connectivity index (χ4n) is 2.40. The van der Waals surface area contributed by atoms with Crippen LogP contribution in [0.25, 0.3) is 0 Å². The normalized spacial score (nSPS) is 13.0. The van der Waals surface area contributed by atoms with Gasteiger partial charge in [-0.15, -0.1) is 0 Å². The average Bonchev–Trinajstić information content (AvgIpc) is 2.75. The van der Waals surface area contributed by atoms with E-state index in [1.165, 1.54) is 0 Å². The third-order valence-electron chi connectivity index (χ3n) is 3.30. The third kappa shape index (κ3) is 2.39. The monoisotopic (exact) mass is 329 g/mol. The molecule has 0 saturated heterocycles. The number of ketones is 1. The molecule has 0 unspecified atom stereocenters. The molecule has 1 aliphatic rings. The quantitative estimate of drug-likeness (QED) is 0.857. The number of nitrogens with one attached hydrogen (secondary N) is 1. The van der Waals surface area contributed by atoms with Gasteiger partial charge < -0.3 is 5.32 Å². The number of carbonyl (C=O) groups is 2. The minimum absolute atomic E-state index is 0.0251. The first-order valence-corrected chi connectivity index (χ1v) is 7.07. The van der Waals surface area contributed by atoms with Crippen molar-refractivity contribution in [2.45, 2.75) is 13.3 Å². The van der Waals surface area contributed by atoms with E-state index in [1.807, 2.05) is 25.1 Å². The van der Waals surface area contributed by atoms with Crippen molar-refractivity contribution in [2.24, 2.45) is 0 Å². The first kappa shape index (κ1) is 13.1. The zero-order valence-electron chi connectivity index (χ0n) is 10.9. The van der Waals surface area contributed by atoms with Crippen molar-refractivity contribution in [1.29, 1.82) is 0 Å². The summed E-state index contributed by atoms with van der Waals surface area (Å²) in [5.41, 5.74) is 3.97. The van der Waals surface area contributed by atoms with Crippen LogP contribution in [0.15, 0.2) is 40.9 Å². The molecule has 1 N–H and O–H groups in total. The van der Waals surface area contributed by atoms with Crippen molar-refractivity contribution in [3.05, 3.63) is 63.1 Å². The summed E-state index contributed by atoms with van der Waals surface area (Å²) in [5.74, 6) is -0.0561. The van der Waals surface area contributed by atoms with Crippen molar-refractivity contribution in [3.63, 3.8) is 0 Å². The summed E-state index contributed by atoms with van der Waals surface area (Å²) >= 11 is 3.40. The summed E-state index contributed by atoms with van der Waals surface area (Å²) in [6.45, 7) is 1.95. The smallest absolute Gasteiger partial charge is 0.228 e. The van der Waals surface area contributed by atoms with Gasteiger partial charge in [0.15, 0.2) is 5.78 Å². The van der Waals surface area contributed by atoms with E-state index in [0.29, 0.717) is 17.5 Å². The Morgan fingerprint density at radius 3 is 2.70 bits per heavy atom. The molecule has 0 atom stereocenters. The lowest BCUT2D eigenvalue weighted by Gasteiger charge is -2.06. The van der Waals surface area contributed by atoms with Crippen LogP contribution in [0.5, 0.6) is 0 Å². The number of rotatable bonds is 2. The number of aryl methyl sites for hydroxylation is 1. The summed E-state index contributed by atoms with van der Waals surface area (Å²) in [7, 11) is 0. The van der Waals surface area contributed by atoms with Crippen LogP contribution in [0.4, 0.5) is 5.69 Å². The van der Waals surface area contributed by atoms with Crippen LogP contribution in [-0.2, 0) is 11.2 Å². The molecule has 0 aliphatic carbocycles. The van der Waals surface area contributed by atoms with Crippen molar-refractivity contribution in [2.75, 3.05) is 5.32 Å². The molecular weight excluding hydrogens is 318 g/mol. The Morgan fingerprint density at radius 2 is 1.95 bits per heavy atom. The van der Waals surface area contributed by atoms with Gasteiger partial charge in [-0.2, -0.15) is 0 Å². The molecule has 0 spiro atoms. The van der Waals surface area contributed by atoms with Crippen molar-refractivity contribution in [1.82, 2.24) is 0 Å². The number of hydrogen-bond donors (Lipinski definition) is 1. The second kappa shape index (κ2) is 4.87. The Morgan fingerprint density at radius 1 is 1.15 bits per heavy atom. The van der Waals surface area contributed by atoms with E-state index >= 15 is 0 Å². The zero-order valence-corrected chi connectivity index (χ0v) is 12.5. The molecule has 2 aromatic carbocycles. The molecule has 0 radical (unpaired) electrons. The molecule has 3 nitrogen and oxygen atoms in total. The van der Waals surface area contributed by atoms with Crippen LogP contribution in [0.2, 0.25) is 0 Å². The maximum absolute atomic E-state index is 12.5. The minimum Gasteiger partial charge on any atom is -0.326 e. The Balaban J connectivity index is 1.99. The molecule has 20 heavy (non-hydrogen) atoms. The first-order valence-electron chi connectivity index (χ1n) is 6.27. The lowest BCUT2D eigenvalue weighted by atomic mass is 9.99. The Labute approximate surface area is 125 Å². The summed E-state index contributed by atoms with van der Waals surface area (Å²) in [5, 5.41) is 2.76. The number of amides is 1. The second-order valence-corrected chi connectivity index (χ2v) is 5.86. The fourth-order valence-corrected chi connectivity index (χ4v) is 3.01. The van der Waals surface area contributed by atoms with Crippen LogP contribution in [0.1, 0.15) is 27.0 Å². The lowest BCUT2D eigenvalue weighted by Crippen LogP contribution is -2.03. The van der Waals surface area contributed by atoms with E-state index in [4.69, 9.17) is 0 Å². The maximum atomic E-state index is 12.5. The van der Waals surface area contributed by atoms with Gasteiger partial charge in [0.1, 0.15) is 0 Å². The lowest BCUT2D eigenvalue weighted by molar-refractivity contribution is -0.115. The largest absolute Gasteiger partial charge is 0.326 e. The van der Waals surface area contributed by atoms with Gasteiger partial charge in [0.2, 0.25) is 5.91 Å². The number of fused-ring (bicyclic) bond motifs is 1. The number of anilines is 1. The predicted octanol–water partition coefficient (Wildman–Crippen LogP) is 3.48. The van der Waals surface area contributed by atoms with Gasteiger partial charge in [-0.1, -0.05) is 15.9 Å². The van der Waals surface area contributed by atoms with E-state index in [1.54, 1.807) is 18.2 Å². The summed E-state index contributed by atoms with van der Waals surface area (Å²) < 4.78 is 0.888. The predicted molar refractivity (Wildman–Crippen MR) is 81.1 cm³/mol. The Kier molecular flexibility index (Phi) is 3.18. The molecule has 100 valence electrons. The van der Waals surface area contributed by atoms with E-state index in [0.717, 1.165) is 21.3 Å². The highest BCUT2D eigenvalue weighted by atomic mass is 79.9. The number of carbonyl (C=O) groups excluding carboxylic acids is 2. The molecule has 4 heteroatoms. The summed E-state index contributed by atoms with van der Waals surface area (Å²) in [6.07, 6.45) is 0.341. The molecule has 1 aliphatic heterocycles. The SMILES string of the molecule is Cc1cc(Br)cc(C(=O)c2ccc3c(c2)CC(=O)N3)c1.